The van der Waals surface area contributed by atoms with E-state index < -0.39 is 25.0 Å². The Bertz CT molecular complexity index is 2260. The summed E-state index contributed by atoms with van der Waals surface area (Å²) >= 11 is 5.52. The number of halogens is 1. The topological polar surface area (TPSA) is 224 Å². The molecule has 0 aromatic heterocycles. The second-order valence-corrected chi connectivity index (χ2v) is 16.4. The van der Waals surface area contributed by atoms with Crippen molar-refractivity contribution >= 4 is 65.9 Å². The van der Waals surface area contributed by atoms with Gasteiger partial charge in [0, 0.05) is 52.2 Å². The number of amides is 5. The lowest BCUT2D eigenvalue weighted by atomic mass is 10.2. The van der Waals surface area contributed by atoms with Gasteiger partial charge in [-0.1, -0.05) is 36.4 Å². The molecular formula is C38H43ClN6O10S2. The largest absolute Gasteiger partial charge is 0.489 e. The second kappa shape index (κ2) is 20.5. The number of nitrogens with one attached hydrogen (secondary N) is 3. The van der Waals surface area contributed by atoms with E-state index in [1.165, 1.54) is 78.2 Å². The van der Waals surface area contributed by atoms with Gasteiger partial charge in [-0.3, -0.25) is 24.2 Å². The van der Waals surface area contributed by atoms with Crippen LogP contribution in [0, 0.1) is 0 Å². The molecule has 2 aliphatic rings. The van der Waals surface area contributed by atoms with E-state index in [1.54, 1.807) is 42.5 Å². The molecule has 2 aliphatic heterocycles. The summed E-state index contributed by atoms with van der Waals surface area (Å²) in [5.41, 5.74) is 6.03. The highest BCUT2D eigenvalue weighted by Crippen LogP contribution is 2.37. The minimum absolute atomic E-state index is 0.0227. The van der Waals surface area contributed by atoms with E-state index in [9.17, 15) is 36.0 Å². The summed E-state index contributed by atoms with van der Waals surface area (Å²) in [7, 11) is -7.30. The molecule has 0 atom stereocenters. The summed E-state index contributed by atoms with van der Waals surface area (Å²) in [6, 6.07) is 24.8. The Kier molecular flexibility index (Phi) is 15.8. The standard InChI is InChI=1S/C19H21N3O5S.C15H12ClNO4S.C4H10N2O/c1-14(23)20-9-10-21-19(24)22-11-12-27-18-13-16(7-8-17(18)22)28(25,26)15-5-3-2-4-6-15;16-15(18)17-8-9-21-14-10-12(6-7-13(14)17)22(19,20)11-4-2-1-3-5-11;1-4(7)6-3-2-5/h2-8,13H,9-12H2,1H3,(H,20,23)(H,21,24);1-7,10H,8-9H2;2-3,5H2,1H3,(H,6,7). The van der Waals surface area contributed by atoms with Gasteiger partial charge in [-0.15, -0.1) is 0 Å². The lowest BCUT2D eigenvalue weighted by Crippen LogP contribution is -2.46. The van der Waals surface area contributed by atoms with E-state index in [4.69, 9.17) is 26.8 Å². The van der Waals surface area contributed by atoms with Crippen LogP contribution in [0.3, 0.4) is 0 Å². The number of nitrogens with two attached hydrogens (primary N) is 1. The molecule has 6 rings (SSSR count). The maximum absolute atomic E-state index is 12.8. The molecule has 0 unspecified atom stereocenters. The number of sulfone groups is 2. The molecule has 0 spiro atoms. The number of hydrogen-bond donors (Lipinski definition) is 4. The lowest BCUT2D eigenvalue weighted by molar-refractivity contribution is -0.119. The monoisotopic (exact) mass is 842 g/mol. The first-order valence-electron chi connectivity index (χ1n) is 17.5. The van der Waals surface area contributed by atoms with Crippen LogP contribution in [0.4, 0.5) is 21.0 Å². The minimum atomic E-state index is -3.68. The van der Waals surface area contributed by atoms with Gasteiger partial charge in [0.2, 0.25) is 31.5 Å². The van der Waals surface area contributed by atoms with Crippen molar-refractivity contribution in [3.63, 3.8) is 0 Å². The van der Waals surface area contributed by atoms with Crippen LogP contribution in [-0.2, 0) is 29.3 Å². The van der Waals surface area contributed by atoms with Crippen LogP contribution in [0.25, 0.3) is 0 Å². The van der Waals surface area contributed by atoms with E-state index in [-0.39, 0.29) is 57.2 Å². The zero-order chi connectivity index (χ0) is 41.6. The van der Waals surface area contributed by atoms with Gasteiger partial charge in [-0.05, 0) is 60.1 Å². The van der Waals surface area contributed by atoms with Crippen LogP contribution in [0.5, 0.6) is 11.5 Å². The molecule has 4 aromatic carbocycles. The summed E-state index contributed by atoms with van der Waals surface area (Å²) in [5, 5.41) is 7.23. The number of benzene rings is 4. The van der Waals surface area contributed by atoms with Crippen molar-refractivity contribution in [1.82, 2.24) is 16.0 Å². The van der Waals surface area contributed by atoms with Crippen LogP contribution >= 0.6 is 11.6 Å². The fourth-order valence-electron chi connectivity index (χ4n) is 5.35. The van der Waals surface area contributed by atoms with Crippen LogP contribution in [0.1, 0.15) is 13.8 Å². The molecule has 0 radical (unpaired) electrons. The van der Waals surface area contributed by atoms with Crippen LogP contribution < -0.4 is 41.0 Å². The van der Waals surface area contributed by atoms with E-state index in [1.807, 2.05) is 0 Å². The molecule has 304 valence electrons. The Hall–Kier alpha value is -5.69. The molecule has 16 nitrogen and oxygen atoms in total. The summed E-state index contributed by atoms with van der Waals surface area (Å²) in [5.74, 6) is 0.473. The molecule has 57 heavy (non-hydrogen) atoms. The number of urea groups is 1. The third-order valence-corrected chi connectivity index (χ3v) is 11.8. The summed E-state index contributed by atoms with van der Waals surface area (Å²) in [4.78, 5) is 48.2. The molecule has 0 saturated heterocycles. The third-order valence-electron chi connectivity index (χ3n) is 8.07. The average molecular weight is 843 g/mol. The first-order valence-corrected chi connectivity index (χ1v) is 20.9. The van der Waals surface area contributed by atoms with Gasteiger partial charge in [0.25, 0.3) is 0 Å². The van der Waals surface area contributed by atoms with Crippen molar-refractivity contribution in [2.24, 2.45) is 5.73 Å². The average Bonchev–Trinajstić information content (AvgIpc) is 3.21. The number of ether oxygens (including phenoxy) is 2. The quantitative estimate of drug-likeness (QED) is 0.108. The molecule has 0 saturated carbocycles. The second-order valence-electron chi connectivity index (χ2n) is 12.1. The fraction of sp³-hybridized carbons (Fsp3) is 0.263. The summed E-state index contributed by atoms with van der Waals surface area (Å²) in [6.45, 7) is 5.76. The maximum Gasteiger partial charge on any atom is 0.322 e. The SMILES string of the molecule is CC(=O)NCCN.CC(=O)NCCNC(=O)N1CCOc2cc(S(=O)(=O)c3ccccc3)ccc21.O=C(Cl)N1CCOc2cc(S(=O)(=O)c3ccccc3)ccc21. The highest BCUT2D eigenvalue weighted by atomic mass is 35.5. The molecule has 2 heterocycles. The van der Waals surface area contributed by atoms with Gasteiger partial charge in [-0.2, -0.15) is 0 Å². The number of hydrogen-bond acceptors (Lipinski definition) is 11. The van der Waals surface area contributed by atoms with E-state index in [2.05, 4.69) is 16.0 Å². The van der Waals surface area contributed by atoms with Crippen molar-refractivity contribution in [2.45, 2.75) is 33.4 Å². The molecule has 0 fully saturated rings. The number of nitrogens with zero attached hydrogens (tertiary/aromatic N) is 2. The van der Waals surface area contributed by atoms with Gasteiger partial charge in [0.15, 0.2) is 0 Å². The summed E-state index contributed by atoms with van der Waals surface area (Å²) < 4.78 is 61.8. The molecule has 19 heteroatoms. The number of rotatable bonds is 9. The lowest BCUT2D eigenvalue weighted by Gasteiger charge is -2.30. The minimum Gasteiger partial charge on any atom is -0.489 e. The van der Waals surface area contributed by atoms with Gasteiger partial charge in [0.1, 0.15) is 24.7 Å². The van der Waals surface area contributed by atoms with Crippen molar-refractivity contribution in [1.29, 1.82) is 0 Å². The van der Waals surface area contributed by atoms with Crippen LogP contribution in [0.15, 0.2) is 117 Å². The fourth-order valence-corrected chi connectivity index (χ4v) is 8.12. The Labute approximate surface area is 336 Å². The third kappa shape index (κ3) is 11.9. The highest BCUT2D eigenvalue weighted by Gasteiger charge is 2.28. The number of fused-ring (bicyclic) bond motifs is 2. The highest BCUT2D eigenvalue weighted by molar-refractivity contribution is 7.91. The van der Waals surface area contributed by atoms with Crippen LogP contribution in [-0.4, -0.2) is 92.5 Å². The number of carbonyl (C=O) groups is 4. The predicted molar refractivity (Wildman–Crippen MR) is 213 cm³/mol. The van der Waals surface area contributed by atoms with Gasteiger partial charge in [-0.25, -0.2) is 21.6 Å². The van der Waals surface area contributed by atoms with Gasteiger partial charge in [0.05, 0.1) is 44.0 Å². The molecule has 5 amide bonds. The molecule has 0 bridgehead atoms. The van der Waals surface area contributed by atoms with Gasteiger partial charge >= 0.3 is 11.4 Å². The first kappa shape index (κ1) is 44.0. The number of anilines is 2. The first-order chi connectivity index (χ1) is 27.2. The number of carbonyl (C=O) groups excluding carboxylic acids is 4. The molecule has 5 N–H and O–H groups in total. The Morgan fingerprint density at radius 2 is 1.04 bits per heavy atom. The molecule has 0 aliphatic carbocycles. The predicted octanol–water partition coefficient (Wildman–Crippen LogP) is 3.72. The zero-order valence-electron chi connectivity index (χ0n) is 31.1. The van der Waals surface area contributed by atoms with Crippen LogP contribution in [0.2, 0.25) is 0 Å². The van der Waals surface area contributed by atoms with E-state index >= 15 is 0 Å². The van der Waals surface area contributed by atoms with Crippen molar-refractivity contribution in [2.75, 3.05) is 62.3 Å². The Balaban J connectivity index is 0.000000221. The smallest absolute Gasteiger partial charge is 0.322 e. The van der Waals surface area contributed by atoms with Crippen molar-refractivity contribution in [3.05, 3.63) is 97.1 Å². The van der Waals surface area contributed by atoms with E-state index in [0.29, 0.717) is 55.6 Å². The Morgan fingerprint density at radius 3 is 1.46 bits per heavy atom. The molecule has 4 aromatic rings. The zero-order valence-corrected chi connectivity index (χ0v) is 33.5. The summed E-state index contributed by atoms with van der Waals surface area (Å²) in [6.07, 6.45) is 0. The van der Waals surface area contributed by atoms with E-state index in [0.717, 1.165) is 0 Å². The van der Waals surface area contributed by atoms with Crippen molar-refractivity contribution in [3.8, 4) is 11.5 Å². The normalized spacial score (nSPS) is 13.0. The van der Waals surface area contributed by atoms with Gasteiger partial charge < -0.3 is 31.2 Å². The van der Waals surface area contributed by atoms with Crippen molar-refractivity contribution < 1.29 is 45.5 Å². The maximum atomic E-state index is 12.8. The Morgan fingerprint density at radius 1 is 0.614 bits per heavy atom. The molecular weight excluding hydrogens is 800 g/mol.